The van der Waals surface area contributed by atoms with Crippen molar-refractivity contribution in [3.8, 4) is 6.07 Å². The summed E-state index contributed by atoms with van der Waals surface area (Å²) in [6.45, 7) is 6.26. The molecule has 0 aliphatic heterocycles. The van der Waals surface area contributed by atoms with Gasteiger partial charge in [0.1, 0.15) is 0 Å². The van der Waals surface area contributed by atoms with Crippen molar-refractivity contribution in [1.29, 1.82) is 5.26 Å². The summed E-state index contributed by atoms with van der Waals surface area (Å²) in [5.74, 6) is 0.0941. The maximum absolute atomic E-state index is 12.5. The van der Waals surface area contributed by atoms with E-state index < -0.39 is 10.0 Å². The van der Waals surface area contributed by atoms with E-state index in [1.54, 1.807) is 24.3 Å². The highest BCUT2D eigenvalue weighted by Gasteiger charge is 2.24. The lowest BCUT2D eigenvalue weighted by atomic mass is 9.94. The molecule has 0 atom stereocenters. The standard InChI is InChI=1S/C15H22N2O2S/c1-15(2,3)10-13-20(18,19)17(12-7-11-16)14-8-5-4-6-9-14/h4-6,8-9H,7,10,12-13H2,1-3H3. The molecule has 110 valence electrons. The van der Waals surface area contributed by atoms with Crippen LogP contribution in [-0.4, -0.2) is 20.7 Å². The Kier molecular flexibility index (Phi) is 5.58. The number of hydrogen-bond donors (Lipinski definition) is 0. The zero-order valence-corrected chi connectivity index (χ0v) is 13.2. The minimum absolute atomic E-state index is 0.0370. The van der Waals surface area contributed by atoms with Gasteiger partial charge in [0.25, 0.3) is 0 Å². The van der Waals surface area contributed by atoms with Crippen LogP contribution in [0.1, 0.15) is 33.6 Å². The van der Waals surface area contributed by atoms with Crippen LogP contribution in [-0.2, 0) is 10.0 Å². The van der Waals surface area contributed by atoms with Crippen molar-refractivity contribution in [1.82, 2.24) is 0 Å². The van der Waals surface area contributed by atoms with E-state index in [0.717, 1.165) is 0 Å². The molecule has 0 aliphatic carbocycles. The first-order valence-electron chi connectivity index (χ1n) is 6.69. The second kappa shape index (κ2) is 6.76. The number of para-hydroxylation sites is 1. The second-order valence-corrected chi connectivity index (χ2v) is 7.96. The minimum atomic E-state index is -3.40. The average molecular weight is 294 g/mol. The van der Waals surface area contributed by atoms with Gasteiger partial charge in [-0.3, -0.25) is 4.31 Å². The Bertz CT molecular complexity index is 554. The van der Waals surface area contributed by atoms with Gasteiger partial charge in [-0.25, -0.2) is 8.42 Å². The van der Waals surface area contributed by atoms with E-state index in [0.29, 0.717) is 12.1 Å². The van der Waals surface area contributed by atoms with Gasteiger partial charge in [0.15, 0.2) is 0 Å². The summed E-state index contributed by atoms with van der Waals surface area (Å²) in [4.78, 5) is 0. The van der Waals surface area contributed by atoms with Crippen molar-refractivity contribution in [3.63, 3.8) is 0 Å². The van der Waals surface area contributed by atoms with Crippen LogP contribution >= 0.6 is 0 Å². The number of sulfonamides is 1. The summed E-state index contributed by atoms with van der Waals surface area (Å²) in [6.07, 6.45) is 0.773. The van der Waals surface area contributed by atoms with Crippen LogP contribution in [0.4, 0.5) is 5.69 Å². The van der Waals surface area contributed by atoms with Crippen molar-refractivity contribution >= 4 is 15.7 Å². The topological polar surface area (TPSA) is 61.2 Å². The van der Waals surface area contributed by atoms with Crippen LogP contribution in [0.3, 0.4) is 0 Å². The van der Waals surface area contributed by atoms with Crippen LogP contribution < -0.4 is 4.31 Å². The third-order valence-electron chi connectivity index (χ3n) is 2.92. The molecule has 0 saturated carbocycles. The van der Waals surface area contributed by atoms with Crippen molar-refractivity contribution in [2.75, 3.05) is 16.6 Å². The molecule has 1 rings (SSSR count). The number of nitriles is 1. The number of benzene rings is 1. The highest BCUT2D eigenvalue weighted by molar-refractivity contribution is 7.92. The molecule has 5 heteroatoms. The first-order chi connectivity index (χ1) is 9.26. The molecule has 0 aromatic heterocycles. The lowest BCUT2D eigenvalue weighted by Gasteiger charge is -2.26. The maximum Gasteiger partial charge on any atom is 0.235 e. The van der Waals surface area contributed by atoms with Gasteiger partial charge in [0.2, 0.25) is 10.0 Å². The largest absolute Gasteiger partial charge is 0.269 e. The second-order valence-electron chi connectivity index (χ2n) is 5.94. The Morgan fingerprint density at radius 1 is 1.20 bits per heavy atom. The van der Waals surface area contributed by atoms with Gasteiger partial charge in [-0.1, -0.05) is 39.0 Å². The molecule has 1 aromatic carbocycles. The Morgan fingerprint density at radius 3 is 2.30 bits per heavy atom. The lowest BCUT2D eigenvalue weighted by Crippen LogP contribution is -2.35. The molecule has 4 nitrogen and oxygen atoms in total. The Hall–Kier alpha value is -1.54. The zero-order valence-electron chi connectivity index (χ0n) is 12.3. The van der Waals surface area contributed by atoms with E-state index in [-0.39, 0.29) is 24.1 Å². The van der Waals surface area contributed by atoms with Gasteiger partial charge >= 0.3 is 0 Å². The Labute approximate surface area is 122 Å². The molecule has 0 saturated heterocycles. The molecule has 0 N–H and O–H groups in total. The molecule has 0 aliphatic rings. The molecule has 0 radical (unpaired) electrons. The summed E-state index contributed by atoms with van der Waals surface area (Å²) in [5, 5.41) is 8.72. The van der Waals surface area contributed by atoms with E-state index in [1.165, 1.54) is 4.31 Å². The third-order valence-corrected chi connectivity index (χ3v) is 4.70. The number of hydrogen-bond acceptors (Lipinski definition) is 3. The van der Waals surface area contributed by atoms with E-state index in [9.17, 15) is 8.42 Å². The quantitative estimate of drug-likeness (QED) is 0.809. The first kappa shape index (κ1) is 16.5. The van der Waals surface area contributed by atoms with Crippen molar-refractivity contribution in [3.05, 3.63) is 30.3 Å². The van der Waals surface area contributed by atoms with E-state index in [2.05, 4.69) is 0 Å². The zero-order chi connectivity index (χ0) is 15.2. The molecule has 0 amide bonds. The van der Waals surface area contributed by atoms with Crippen molar-refractivity contribution in [2.45, 2.75) is 33.6 Å². The normalized spacial score (nSPS) is 11.9. The number of anilines is 1. The third kappa shape index (κ3) is 5.22. The van der Waals surface area contributed by atoms with Crippen LogP contribution in [0.5, 0.6) is 0 Å². The molecule has 20 heavy (non-hydrogen) atoms. The summed E-state index contributed by atoms with van der Waals surface area (Å²) >= 11 is 0. The highest BCUT2D eigenvalue weighted by atomic mass is 32.2. The van der Waals surface area contributed by atoms with E-state index >= 15 is 0 Å². The van der Waals surface area contributed by atoms with Gasteiger partial charge in [0, 0.05) is 6.54 Å². The molecular formula is C15H22N2O2S. The molecule has 0 fully saturated rings. The Balaban J connectivity index is 2.96. The average Bonchev–Trinajstić information content (AvgIpc) is 2.37. The fourth-order valence-corrected chi connectivity index (χ4v) is 3.62. The first-order valence-corrected chi connectivity index (χ1v) is 8.29. The SMILES string of the molecule is CC(C)(C)CCS(=O)(=O)N(CCC#N)c1ccccc1. The summed E-state index contributed by atoms with van der Waals surface area (Å²) in [6, 6.07) is 11.0. The fourth-order valence-electron chi connectivity index (χ4n) is 1.72. The molecular weight excluding hydrogens is 272 g/mol. The van der Waals surface area contributed by atoms with Gasteiger partial charge < -0.3 is 0 Å². The minimum Gasteiger partial charge on any atom is -0.269 e. The predicted octanol–water partition coefficient (Wildman–Crippen LogP) is 3.17. The van der Waals surface area contributed by atoms with Gasteiger partial charge in [-0.15, -0.1) is 0 Å². The van der Waals surface area contributed by atoms with Crippen LogP contribution in [0, 0.1) is 16.7 Å². The Morgan fingerprint density at radius 2 is 1.80 bits per heavy atom. The van der Waals surface area contributed by atoms with E-state index in [1.807, 2.05) is 32.9 Å². The van der Waals surface area contributed by atoms with Gasteiger partial charge in [0.05, 0.1) is 23.9 Å². The van der Waals surface area contributed by atoms with Crippen LogP contribution in [0.15, 0.2) is 30.3 Å². The predicted molar refractivity (Wildman–Crippen MR) is 81.9 cm³/mol. The molecule has 0 heterocycles. The molecule has 0 bridgehead atoms. The van der Waals surface area contributed by atoms with Crippen LogP contribution in [0.25, 0.3) is 0 Å². The fraction of sp³-hybridized carbons (Fsp3) is 0.533. The van der Waals surface area contributed by atoms with Crippen molar-refractivity contribution < 1.29 is 8.42 Å². The molecule has 0 spiro atoms. The van der Waals surface area contributed by atoms with Gasteiger partial charge in [-0.2, -0.15) is 5.26 Å². The molecule has 0 unspecified atom stereocenters. The van der Waals surface area contributed by atoms with Crippen LogP contribution in [0.2, 0.25) is 0 Å². The highest BCUT2D eigenvalue weighted by Crippen LogP contribution is 2.23. The maximum atomic E-state index is 12.5. The van der Waals surface area contributed by atoms with E-state index in [4.69, 9.17) is 5.26 Å². The number of nitrogens with zero attached hydrogens (tertiary/aromatic N) is 2. The lowest BCUT2D eigenvalue weighted by molar-refractivity contribution is 0.397. The number of rotatable bonds is 6. The summed E-state index contributed by atoms with van der Waals surface area (Å²) in [7, 11) is -3.40. The summed E-state index contributed by atoms with van der Waals surface area (Å²) in [5.41, 5.74) is 0.585. The van der Waals surface area contributed by atoms with Gasteiger partial charge in [-0.05, 0) is 24.0 Å². The van der Waals surface area contributed by atoms with Crippen molar-refractivity contribution in [2.24, 2.45) is 5.41 Å². The monoisotopic (exact) mass is 294 g/mol. The molecule has 1 aromatic rings. The summed E-state index contributed by atoms with van der Waals surface area (Å²) < 4.78 is 26.3. The smallest absolute Gasteiger partial charge is 0.235 e.